The Balaban J connectivity index is 2.17. The lowest BCUT2D eigenvalue weighted by atomic mass is 10.2. The van der Waals surface area contributed by atoms with Gasteiger partial charge in [0, 0.05) is 10.8 Å². The number of carbonyl (C=O) groups excluding carboxylic acids is 1. The SMILES string of the molecule is NC(=O)c1csc(-c2coc3ccccc23)n1. The number of para-hydroxylation sites is 1. The fraction of sp³-hybridized carbons (Fsp3) is 0. The molecule has 4 nitrogen and oxygen atoms in total. The van der Waals surface area contributed by atoms with Crippen LogP contribution in [0, 0.1) is 0 Å². The molecule has 0 aliphatic carbocycles. The molecule has 0 atom stereocenters. The third kappa shape index (κ3) is 1.60. The number of nitrogens with zero attached hydrogens (tertiary/aromatic N) is 1. The van der Waals surface area contributed by atoms with Gasteiger partial charge in [-0.2, -0.15) is 0 Å². The molecular weight excluding hydrogens is 236 g/mol. The zero-order valence-corrected chi connectivity index (χ0v) is 9.53. The van der Waals surface area contributed by atoms with E-state index in [0.29, 0.717) is 0 Å². The van der Waals surface area contributed by atoms with E-state index >= 15 is 0 Å². The van der Waals surface area contributed by atoms with Crippen molar-refractivity contribution in [2.75, 3.05) is 0 Å². The fourth-order valence-corrected chi connectivity index (χ4v) is 2.48. The highest BCUT2D eigenvalue weighted by atomic mass is 32.1. The molecule has 2 heterocycles. The number of rotatable bonds is 2. The molecule has 3 aromatic rings. The first kappa shape index (κ1) is 10.0. The van der Waals surface area contributed by atoms with Crippen LogP contribution in [0.4, 0.5) is 0 Å². The van der Waals surface area contributed by atoms with E-state index in [1.54, 1.807) is 11.6 Å². The van der Waals surface area contributed by atoms with E-state index in [0.717, 1.165) is 21.5 Å². The Morgan fingerprint density at radius 3 is 2.94 bits per heavy atom. The maximum absolute atomic E-state index is 11.0. The number of carbonyl (C=O) groups is 1. The predicted octanol–water partition coefficient (Wildman–Crippen LogP) is 2.66. The molecule has 0 saturated carbocycles. The summed E-state index contributed by atoms with van der Waals surface area (Å²) >= 11 is 1.38. The van der Waals surface area contributed by atoms with E-state index in [2.05, 4.69) is 4.98 Å². The number of nitrogens with two attached hydrogens (primary N) is 1. The normalized spacial score (nSPS) is 10.8. The summed E-state index contributed by atoms with van der Waals surface area (Å²) in [6, 6.07) is 7.69. The van der Waals surface area contributed by atoms with Crippen molar-refractivity contribution in [3.63, 3.8) is 0 Å². The number of hydrogen-bond acceptors (Lipinski definition) is 4. The first-order valence-corrected chi connectivity index (χ1v) is 5.85. The molecule has 0 spiro atoms. The first-order chi connectivity index (χ1) is 8.25. The second kappa shape index (κ2) is 3.71. The molecule has 1 amide bonds. The van der Waals surface area contributed by atoms with E-state index in [1.165, 1.54) is 11.3 Å². The zero-order valence-electron chi connectivity index (χ0n) is 8.71. The van der Waals surface area contributed by atoms with Crippen LogP contribution in [0.2, 0.25) is 0 Å². The summed E-state index contributed by atoms with van der Waals surface area (Å²) in [7, 11) is 0. The molecule has 0 fully saturated rings. The molecule has 3 rings (SSSR count). The summed E-state index contributed by atoms with van der Waals surface area (Å²) < 4.78 is 5.42. The minimum absolute atomic E-state index is 0.287. The van der Waals surface area contributed by atoms with Gasteiger partial charge in [0.15, 0.2) is 0 Å². The smallest absolute Gasteiger partial charge is 0.268 e. The van der Waals surface area contributed by atoms with Crippen molar-refractivity contribution in [3.8, 4) is 10.6 Å². The molecule has 0 aliphatic rings. The molecular formula is C12H8N2O2S. The van der Waals surface area contributed by atoms with E-state index < -0.39 is 5.91 Å². The number of amides is 1. The lowest BCUT2D eigenvalue weighted by molar-refractivity contribution is 0.0996. The molecule has 5 heteroatoms. The summed E-state index contributed by atoms with van der Waals surface area (Å²) in [5.41, 5.74) is 7.15. The first-order valence-electron chi connectivity index (χ1n) is 4.97. The standard InChI is InChI=1S/C12H8N2O2S/c13-11(15)9-6-17-12(14-9)8-5-16-10-4-2-1-3-7(8)10/h1-6H,(H2,13,15). The summed E-state index contributed by atoms with van der Waals surface area (Å²) in [5.74, 6) is -0.514. The number of thiazole rings is 1. The predicted molar refractivity (Wildman–Crippen MR) is 65.8 cm³/mol. The molecule has 0 bridgehead atoms. The Labute approximate surface area is 101 Å². The van der Waals surface area contributed by atoms with Gasteiger partial charge in [0.05, 0.1) is 5.56 Å². The van der Waals surface area contributed by atoms with Crippen molar-refractivity contribution in [1.29, 1.82) is 0 Å². The van der Waals surface area contributed by atoms with Crippen LogP contribution in [0.5, 0.6) is 0 Å². The molecule has 17 heavy (non-hydrogen) atoms. The highest BCUT2D eigenvalue weighted by molar-refractivity contribution is 7.13. The van der Waals surface area contributed by atoms with Gasteiger partial charge in [0.2, 0.25) is 0 Å². The van der Waals surface area contributed by atoms with Gasteiger partial charge >= 0.3 is 0 Å². The van der Waals surface area contributed by atoms with Crippen molar-refractivity contribution in [1.82, 2.24) is 4.98 Å². The Bertz CT molecular complexity index is 699. The lowest BCUT2D eigenvalue weighted by Crippen LogP contribution is -2.10. The number of furan rings is 1. The summed E-state index contributed by atoms with van der Waals surface area (Å²) in [4.78, 5) is 15.2. The highest BCUT2D eigenvalue weighted by Gasteiger charge is 2.13. The summed E-state index contributed by atoms with van der Waals surface area (Å²) in [6.45, 7) is 0. The van der Waals surface area contributed by atoms with Gasteiger partial charge in [0.25, 0.3) is 5.91 Å². The number of primary amides is 1. The Morgan fingerprint density at radius 1 is 1.35 bits per heavy atom. The number of aromatic nitrogens is 1. The van der Waals surface area contributed by atoms with E-state index in [9.17, 15) is 4.79 Å². The minimum atomic E-state index is -0.514. The second-order valence-electron chi connectivity index (χ2n) is 3.55. The minimum Gasteiger partial charge on any atom is -0.464 e. The molecule has 0 aliphatic heterocycles. The summed E-state index contributed by atoms with van der Waals surface area (Å²) in [5, 5.41) is 3.38. The number of fused-ring (bicyclic) bond motifs is 1. The number of benzene rings is 1. The van der Waals surface area contributed by atoms with Crippen LogP contribution in [0.15, 0.2) is 40.3 Å². The molecule has 2 N–H and O–H groups in total. The largest absolute Gasteiger partial charge is 0.464 e. The van der Waals surface area contributed by atoms with Crippen LogP contribution in [-0.2, 0) is 0 Å². The fourth-order valence-electron chi connectivity index (χ4n) is 1.65. The van der Waals surface area contributed by atoms with Crippen molar-refractivity contribution >= 4 is 28.2 Å². The van der Waals surface area contributed by atoms with Gasteiger partial charge in [-0.3, -0.25) is 4.79 Å². The van der Waals surface area contributed by atoms with Crippen LogP contribution in [0.3, 0.4) is 0 Å². The number of hydrogen-bond donors (Lipinski definition) is 1. The van der Waals surface area contributed by atoms with Crippen molar-refractivity contribution in [3.05, 3.63) is 41.6 Å². The van der Waals surface area contributed by atoms with E-state index in [1.807, 2.05) is 24.3 Å². The molecule has 0 radical (unpaired) electrons. The Morgan fingerprint density at radius 2 is 2.18 bits per heavy atom. The Hall–Kier alpha value is -2.14. The highest BCUT2D eigenvalue weighted by Crippen LogP contribution is 2.32. The molecule has 0 saturated heterocycles. The molecule has 84 valence electrons. The van der Waals surface area contributed by atoms with Gasteiger partial charge in [0.1, 0.15) is 22.5 Å². The van der Waals surface area contributed by atoms with Crippen molar-refractivity contribution < 1.29 is 9.21 Å². The van der Waals surface area contributed by atoms with Crippen molar-refractivity contribution in [2.45, 2.75) is 0 Å². The van der Waals surface area contributed by atoms with E-state index in [-0.39, 0.29) is 5.69 Å². The zero-order chi connectivity index (χ0) is 11.8. The van der Waals surface area contributed by atoms with Gasteiger partial charge in [-0.25, -0.2) is 4.98 Å². The average Bonchev–Trinajstić information content (AvgIpc) is 2.95. The van der Waals surface area contributed by atoms with Gasteiger partial charge in [-0.05, 0) is 6.07 Å². The lowest BCUT2D eigenvalue weighted by Gasteiger charge is -1.91. The van der Waals surface area contributed by atoms with Crippen LogP contribution in [0.1, 0.15) is 10.5 Å². The van der Waals surface area contributed by atoms with E-state index in [4.69, 9.17) is 10.2 Å². The monoisotopic (exact) mass is 244 g/mol. The molecule has 0 unspecified atom stereocenters. The Kier molecular flexibility index (Phi) is 2.19. The summed E-state index contributed by atoms with van der Waals surface area (Å²) in [6.07, 6.45) is 1.65. The van der Waals surface area contributed by atoms with Crippen LogP contribution in [0.25, 0.3) is 21.5 Å². The molecule has 1 aromatic carbocycles. The quantitative estimate of drug-likeness (QED) is 0.753. The van der Waals surface area contributed by atoms with Gasteiger partial charge in [-0.15, -0.1) is 11.3 Å². The third-order valence-electron chi connectivity index (χ3n) is 2.47. The average molecular weight is 244 g/mol. The molecule has 2 aromatic heterocycles. The van der Waals surface area contributed by atoms with Gasteiger partial charge < -0.3 is 10.2 Å². The van der Waals surface area contributed by atoms with Crippen molar-refractivity contribution in [2.24, 2.45) is 5.73 Å². The second-order valence-corrected chi connectivity index (χ2v) is 4.41. The van der Waals surface area contributed by atoms with Crippen LogP contribution in [-0.4, -0.2) is 10.9 Å². The topological polar surface area (TPSA) is 69.1 Å². The van der Waals surface area contributed by atoms with Crippen LogP contribution >= 0.6 is 11.3 Å². The van der Waals surface area contributed by atoms with Crippen LogP contribution < -0.4 is 5.73 Å². The third-order valence-corrected chi connectivity index (χ3v) is 3.34. The maximum Gasteiger partial charge on any atom is 0.268 e. The maximum atomic E-state index is 11.0. The van der Waals surface area contributed by atoms with Gasteiger partial charge in [-0.1, -0.05) is 18.2 Å².